The second-order valence-corrected chi connectivity index (χ2v) is 4.21. The van der Waals surface area contributed by atoms with Crippen molar-refractivity contribution in [3.8, 4) is 11.5 Å². The summed E-state index contributed by atoms with van der Waals surface area (Å²) in [4.78, 5) is 4.26. The van der Waals surface area contributed by atoms with Crippen molar-refractivity contribution >= 4 is 0 Å². The normalized spacial score (nSPS) is 10.5. The molecule has 0 unspecified atom stereocenters. The molecule has 0 amide bonds. The lowest BCUT2D eigenvalue weighted by atomic mass is 10.2. The Kier molecular flexibility index (Phi) is 4.41. The Morgan fingerprint density at radius 2 is 2.21 bits per heavy atom. The van der Waals surface area contributed by atoms with E-state index in [1.54, 1.807) is 13.3 Å². The van der Waals surface area contributed by atoms with Crippen LogP contribution in [0.5, 0.6) is 11.5 Å². The highest BCUT2D eigenvalue weighted by molar-refractivity contribution is 5.46. The summed E-state index contributed by atoms with van der Waals surface area (Å²) in [5.41, 5.74) is 6.66. The molecule has 19 heavy (non-hydrogen) atoms. The molecule has 5 heteroatoms. The van der Waals surface area contributed by atoms with Gasteiger partial charge in [-0.2, -0.15) is 0 Å². The van der Waals surface area contributed by atoms with Crippen LogP contribution in [-0.4, -0.2) is 23.3 Å². The van der Waals surface area contributed by atoms with Crippen molar-refractivity contribution in [2.45, 2.75) is 13.0 Å². The predicted octanol–water partition coefficient (Wildman–Crippen LogP) is 1.51. The van der Waals surface area contributed by atoms with Crippen LogP contribution in [0.15, 0.2) is 30.6 Å². The zero-order chi connectivity index (χ0) is 13.7. The number of benzene rings is 1. The van der Waals surface area contributed by atoms with Crippen LogP contribution in [0.4, 0.5) is 0 Å². The van der Waals surface area contributed by atoms with Crippen LogP contribution in [0.2, 0.25) is 0 Å². The van der Waals surface area contributed by atoms with Crippen molar-refractivity contribution in [2.24, 2.45) is 12.8 Å². The molecule has 0 atom stereocenters. The second kappa shape index (κ2) is 6.24. The number of aryl methyl sites for hydroxylation is 1. The van der Waals surface area contributed by atoms with Gasteiger partial charge in [0.2, 0.25) is 0 Å². The number of nitrogens with two attached hydrogens (primary N) is 1. The number of ether oxygens (including phenoxy) is 2. The smallest absolute Gasteiger partial charge is 0.165 e. The average molecular weight is 261 g/mol. The Balaban J connectivity index is 2.04. The monoisotopic (exact) mass is 261 g/mol. The maximum atomic E-state index is 5.82. The van der Waals surface area contributed by atoms with Gasteiger partial charge in [0.1, 0.15) is 5.82 Å². The maximum Gasteiger partial charge on any atom is 0.165 e. The molecule has 2 rings (SSSR count). The van der Waals surface area contributed by atoms with Crippen LogP contribution in [0, 0.1) is 0 Å². The third kappa shape index (κ3) is 3.06. The van der Waals surface area contributed by atoms with Crippen LogP contribution >= 0.6 is 0 Å². The van der Waals surface area contributed by atoms with Gasteiger partial charge >= 0.3 is 0 Å². The topological polar surface area (TPSA) is 62.3 Å². The van der Waals surface area contributed by atoms with Crippen molar-refractivity contribution in [1.82, 2.24) is 9.55 Å². The van der Waals surface area contributed by atoms with Gasteiger partial charge in [-0.3, -0.25) is 0 Å². The minimum atomic E-state index is 0.426. The first-order valence-corrected chi connectivity index (χ1v) is 6.21. The van der Waals surface area contributed by atoms with Gasteiger partial charge in [-0.1, -0.05) is 12.1 Å². The van der Waals surface area contributed by atoms with Crippen molar-refractivity contribution in [3.05, 3.63) is 42.0 Å². The standard InChI is InChI=1S/C14H19N3O2/c1-17-8-7-16-13(17)6-9-19-14-11(10-15)4-3-5-12(14)18-2/h3-5,7-8H,6,9-10,15H2,1-2H3. The van der Waals surface area contributed by atoms with Gasteiger partial charge in [0.05, 0.1) is 13.7 Å². The van der Waals surface area contributed by atoms with Crippen LogP contribution < -0.4 is 15.2 Å². The molecule has 102 valence electrons. The van der Waals surface area contributed by atoms with Crippen LogP contribution in [0.25, 0.3) is 0 Å². The number of imidazole rings is 1. The maximum absolute atomic E-state index is 5.82. The number of hydrogen-bond donors (Lipinski definition) is 1. The summed E-state index contributed by atoms with van der Waals surface area (Å²) in [7, 11) is 3.60. The van der Waals surface area contributed by atoms with E-state index in [0.717, 1.165) is 23.6 Å². The lowest BCUT2D eigenvalue weighted by Crippen LogP contribution is -2.09. The van der Waals surface area contributed by atoms with E-state index in [-0.39, 0.29) is 0 Å². The Morgan fingerprint density at radius 1 is 1.37 bits per heavy atom. The zero-order valence-electron chi connectivity index (χ0n) is 11.3. The van der Waals surface area contributed by atoms with Crippen molar-refractivity contribution in [1.29, 1.82) is 0 Å². The van der Waals surface area contributed by atoms with Gasteiger partial charge in [0.15, 0.2) is 11.5 Å². The molecule has 0 aliphatic carbocycles. The Labute approximate surface area is 113 Å². The first kappa shape index (κ1) is 13.4. The number of methoxy groups -OCH3 is 1. The van der Waals surface area contributed by atoms with Crippen LogP contribution in [0.3, 0.4) is 0 Å². The van der Waals surface area contributed by atoms with E-state index in [0.29, 0.717) is 18.9 Å². The summed E-state index contributed by atoms with van der Waals surface area (Å²) in [6.07, 6.45) is 4.44. The second-order valence-electron chi connectivity index (χ2n) is 4.21. The fourth-order valence-corrected chi connectivity index (χ4v) is 1.93. The molecule has 2 aromatic rings. The van der Waals surface area contributed by atoms with E-state index >= 15 is 0 Å². The van der Waals surface area contributed by atoms with E-state index in [2.05, 4.69) is 4.98 Å². The van der Waals surface area contributed by atoms with E-state index in [9.17, 15) is 0 Å². The lowest BCUT2D eigenvalue weighted by Gasteiger charge is -2.14. The van der Waals surface area contributed by atoms with E-state index in [4.69, 9.17) is 15.2 Å². The number of nitrogens with zero attached hydrogens (tertiary/aromatic N) is 2. The molecule has 0 fully saturated rings. The third-order valence-corrected chi connectivity index (χ3v) is 2.99. The molecule has 1 aromatic carbocycles. The predicted molar refractivity (Wildman–Crippen MR) is 73.3 cm³/mol. The van der Waals surface area contributed by atoms with E-state index in [1.165, 1.54) is 0 Å². The molecule has 1 aromatic heterocycles. The highest BCUT2D eigenvalue weighted by atomic mass is 16.5. The molecular weight excluding hydrogens is 242 g/mol. The fraction of sp³-hybridized carbons (Fsp3) is 0.357. The van der Waals surface area contributed by atoms with Crippen LogP contribution in [-0.2, 0) is 20.0 Å². The van der Waals surface area contributed by atoms with Crippen molar-refractivity contribution in [3.63, 3.8) is 0 Å². The molecule has 5 nitrogen and oxygen atoms in total. The minimum absolute atomic E-state index is 0.426. The molecule has 0 aliphatic rings. The lowest BCUT2D eigenvalue weighted by molar-refractivity contribution is 0.291. The summed E-state index contributed by atoms with van der Waals surface area (Å²) in [5.74, 6) is 2.42. The van der Waals surface area contributed by atoms with E-state index in [1.807, 2.05) is 36.0 Å². The summed E-state index contributed by atoms with van der Waals surface area (Å²) < 4.78 is 13.1. The number of para-hydroxylation sites is 1. The Bertz CT molecular complexity index is 515. The van der Waals surface area contributed by atoms with Crippen molar-refractivity contribution in [2.75, 3.05) is 13.7 Å². The van der Waals surface area contributed by atoms with Gasteiger partial charge in [-0.05, 0) is 6.07 Å². The van der Waals surface area contributed by atoms with Gasteiger partial charge in [0, 0.05) is 38.0 Å². The quantitative estimate of drug-likeness (QED) is 0.856. The summed E-state index contributed by atoms with van der Waals surface area (Å²) in [6, 6.07) is 5.72. The third-order valence-electron chi connectivity index (χ3n) is 2.99. The molecule has 2 N–H and O–H groups in total. The number of aromatic nitrogens is 2. The number of hydrogen-bond acceptors (Lipinski definition) is 4. The first-order valence-electron chi connectivity index (χ1n) is 6.21. The molecule has 0 saturated heterocycles. The molecule has 1 heterocycles. The minimum Gasteiger partial charge on any atom is -0.493 e. The molecule has 0 radical (unpaired) electrons. The van der Waals surface area contributed by atoms with Crippen LogP contribution in [0.1, 0.15) is 11.4 Å². The zero-order valence-corrected chi connectivity index (χ0v) is 11.3. The Hall–Kier alpha value is -2.01. The molecular formula is C14H19N3O2. The highest BCUT2D eigenvalue weighted by Crippen LogP contribution is 2.30. The highest BCUT2D eigenvalue weighted by Gasteiger charge is 2.09. The van der Waals surface area contributed by atoms with Gasteiger partial charge < -0.3 is 19.8 Å². The summed E-state index contributed by atoms with van der Waals surface area (Å²) in [6.45, 7) is 0.965. The number of rotatable bonds is 6. The molecule has 0 spiro atoms. The summed E-state index contributed by atoms with van der Waals surface area (Å²) >= 11 is 0. The van der Waals surface area contributed by atoms with Gasteiger partial charge in [-0.25, -0.2) is 4.98 Å². The Morgan fingerprint density at radius 3 is 2.84 bits per heavy atom. The van der Waals surface area contributed by atoms with E-state index < -0.39 is 0 Å². The largest absolute Gasteiger partial charge is 0.493 e. The molecule has 0 bridgehead atoms. The SMILES string of the molecule is COc1cccc(CN)c1OCCc1nccn1C. The fourth-order valence-electron chi connectivity index (χ4n) is 1.93. The summed E-state index contributed by atoms with van der Waals surface area (Å²) in [5, 5.41) is 0. The molecule has 0 saturated carbocycles. The first-order chi connectivity index (χ1) is 9.26. The van der Waals surface area contributed by atoms with Gasteiger partial charge in [0.25, 0.3) is 0 Å². The molecule has 0 aliphatic heterocycles. The van der Waals surface area contributed by atoms with Gasteiger partial charge in [-0.15, -0.1) is 0 Å². The van der Waals surface area contributed by atoms with Crippen molar-refractivity contribution < 1.29 is 9.47 Å². The average Bonchev–Trinajstić information content (AvgIpc) is 2.84.